The minimum Gasteiger partial charge on any atom is -0.383 e. The number of nitrogens with one attached hydrogen (secondary N) is 1. The van der Waals surface area contributed by atoms with E-state index in [-0.39, 0.29) is 41.3 Å². The lowest BCUT2D eigenvalue weighted by Crippen LogP contribution is -2.41. The van der Waals surface area contributed by atoms with Crippen LogP contribution in [-0.2, 0) is 10.2 Å². The van der Waals surface area contributed by atoms with Gasteiger partial charge in [-0.3, -0.25) is 4.99 Å². The predicted molar refractivity (Wildman–Crippen MR) is 95.8 cm³/mol. The minimum absolute atomic E-state index is 0. The summed E-state index contributed by atoms with van der Waals surface area (Å²) in [6.45, 7) is 7.16. The number of ether oxygens (including phenoxy) is 1. The zero-order chi connectivity index (χ0) is 15.2. The maximum atomic E-state index is 12.9. The Balaban J connectivity index is 0.00000400. The average Bonchev–Trinajstić information content (AvgIpc) is 2.37. The van der Waals surface area contributed by atoms with Crippen molar-refractivity contribution in [2.75, 3.05) is 20.3 Å². The molecular formula is C15H25FIN3O. The lowest BCUT2D eigenvalue weighted by molar-refractivity contribution is 0.179. The number of rotatable bonds is 6. The fraction of sp³-hybridized carbons (Fsp3) is 0.533. The third-order valence-corrected chi connectivity index (χ3v) is 3.08. The zero-order valence-corrected chi connectivity index (χ0v) is 15.4. The van der Waals surface area contributed by atoms with Gasteiger partial charge in [0, 0.05) is 18.6 Å². The third kappa shape index (κ3) is 7.08. The predicted octanol–water partition coefficient (Wildman–Crippen LogP) is 2.66. The smallest absolute Gasteiger partial charge is 0.188 e. The van der Waals surface area contributed by atoms with Gasteiger partial charge < -0.3 is 15.8 Å². The number of benzene rings is 1. The summed E-state index contributed by atoms with van der Waals surface area (Å²) < 4.78 is 18.0. The first-order chi connectivity index (χ1) is 9.35. The van der Waals surface area contributed by atoms with Gasteiger partial charge in [-0.1, -0.05) is 26.0 Å². The summed E-state index contributed by atoms with van der Waals surface area (Å²) in [6, 6.07) is 6.59. The zero-order valence-electron chi connectivity index (χ0n) is 13.0. The SMILES string of the molecule is COCC(C)NC(N)=NCC(C)(C)c1ccc(F)cc1.I. The van der Waals surface area contributed by atoms with Gasteiger partial charge in [0.15, 0.2) is 5.96 Å². The number of guanidine groups is 1. The van der Waals surface area contributed by atoms with E-state index >= 15 is 0 Å². The van der Waals surface area contributed by atoms with Crippen molar-refractivity contribution in [3.63, 3.8) is 0 Å². The Bertz CT molecular complexity index is 449. The molecule has 0 aliphatic carbocycles. The van der Waals surface area contributed by atoms with Gasteiger partial charge >= 0.3 is 0 Å². The fourth-order valence-electron chi connectivity index (χ4n) is 1.86. The Morgan fingerprint density at radius 2 is 1.95 bits per heavy atom. The molecule has 0 saturated heterocycles. The van der Waals surface area contributed by atoms with E-state index in [1.165, 1.54) is 12.1 Å². The van der Waals surface area contributed by atoms with E-state index in [0.717, 1.165) is 5.56 Å². The number of methoxy groups -OCH3 is 1. The molecule has 0 amide bonds. The van der Waals surface area contributed by atoms with Gasteiger partial charge in [-0.05, 0) is 24.6 Å². The van der Waals surface area contributed by atoms with E-state index in [4.69, 9.17) is 10.5 Å². The molecule has 3 N–H and O–H groups in total. The minimum atomic E-state index is -0.234. The van der Waals surface area contributed by atoms with Crippen LogP contribution in [0.3, 0.4) is 0 Å². The maximum absolute atomic E-state index is 12.9. The van der Waals surface area contributed by atoms with Crippen LogP contribution in [0.25, 0.3) is 0 Å². The van der Waals surface area contributed by atoms with Crippen molar-refractivity contribution < 1.29 is 9.13 Å². The molecule has 4 nitrogen and oxygen atoms in total. The summed E-state index contributed by atoms with van der Waals surface area (Å²) in [4.78, 5) is 4.35. The van der Waals surface area contributed by atoms with Crippen LogP contribution in [0.4, 0.5) is 4.39 Å². The van der Waals surface area contributed by atoms with Crippen LogP contribution in [0.5, 0.6) is 0 Å². The molecule has 1 atom stereocenters. The number of hydrogen-bond acceptors (Lipinski definition) is 2. The molecule has 21 heavy (non-hydrogen) atoms. The van der Waals surface area contributed by atoms with Crippen molar-refractivity contribution in [1.82, 2.24) is 5.32 Å². The molecule has 1 aromatic rings. The first-order valence-electron chi connectivity index (χ1n) is 6.66. The quantitative estimate of drug-likeness (QED) is 0.432. The Labute approximate surface area is 143 Å². The Kier molecular flexibility index (Phi) is 8.80. The summed E-state index contributed by atoms with van der Waals surface area (Å²) in [5, 5.41) is 3.06. The fourth-order valence-corrected chi connectivity index (χ4v) is 1.86. The van der Waals surface area contributed by atoms with E-state index in [0.29, 0.717) is 19.1 Å². The van der Waals surface area contributed by atoms with Crippen molar-refractivity contribution in [3.05, 3.63) is 35.6 Å². The molecule has 1 rings (SSSR count). The molecule has 0 aromatic heterocycles. The standard InChI is InChI=1S/C15H24FN3O.HI/c1-11(9-20-4)19-14(17)18-10-15(2,3)12-5-7-13(16)8-6-12;/h5-8,11H,9-10H2,1-4H3,(H3,17,18,19);1H. The van der Waals surface area contributed by atoms with Crippen LogP contribution in [0.15, 0.2) is 29.3 Å². The molecular weight excluding hydrogens is 384 g/mol. The monoisotopic (exact) mass is 409 g/mol. The first kappa shape index (κ1) is 20.1. The highest BCUT2D eigenvalue weighted by atomic mass is 127. The van der Waals surface area contributed by atoms with Crippen molar-refractivity contribution in [2.24, 2.45) is 10.7 Å². The topological polar surface area (TPSA) is 59.6 Å². The van der Waals surface area contributed by atoms with E-state index in [9.17, 15) is 4.39 Å². The van der Waals surface area contributed by atoms with Crippen LogP contribution in [0, 0.1) is 5.82 Å². The average molecular weight is 409 g/mol. The third-order valence-electron chi connectivity index (χ3n) is 3.08. The lowest BCUT2D eigenvalue weighted by atomic mass is 9.85. The van der Waals surface area contributed by atoms with E-state index in [1.807, 2.05) is 6.92 Å². The molecule has 1 aromatic carbocycles. The molecule has 120 valence electrons. The highest BCUT2D eigenvalue weighted by Gasteiger charge is 2.20. The largest absolute Gasteiger partial charge is 0.383 e. The number of halogens is 2. The second-order valence-corrected chi connectivity index (χ2v) is 5.59. The number of nitrogens with two attached hydrogens (primary N) is 1. The van der Waals surface area contributed by atoms with Gasteiger partial charge in [0.2, 0.25) is 0 Å². The highest BCUT2D eigenvalue weighted by molar-refractivity contribution is 14.0. The summed E-state index contributed by atoms with van der Waals surface area (Å²) >= 11 is 0. The maximum Gasteiger partial charge on any atom is 0.188 e. The molecule has 0 spiro atoms. The number of aliphatic imine (C=N–C) groups is 1. The van der Waals surface area contributed by atoms with Crippen LogP contribution in [0.1, 0.15) is 26.3 Å². The van der Waals surface area contributed by atoms with Crippen LogP contribution in [-0.4, -0.2) is 32.3 Å². The summed E-state index contributed by atoms with van der Waals surface area (Å²) in [5.74, 6) is 0.160. The van der Waals surface area contributed by atoms with E-state index < -0.39 is 0 Å². The van der Waals surface area contributed by atoms with Crippen molar-refractivity contribution in [2.45, 2.75) is 32.2 Å². The molecule has 0 radical (unpaired) electrons. The lowest BCUT2D eigenvalue weighted by Gasteiger charge is -2.23. The summed E-state index contributed by atoms with van der Waals surface area (Å²) in [7, 11) is 1.64. The Morgan fingerprint density at radius 1 is 1.38 bits per heavy atom. The van der Waals surface area contributed by atoms with Gasteiger partial charge in [0.25, 0.3) is 0 Å². The number of hydrogen-bond donors (Lipinski definition) is 2. The molecule has 0 heterocycles. The van der Waals surface area contributed by atoms with E-state index in [1.54, 1.807) is 19.2 Å². The summed E-state index contributed by atoms with van der Waals surface area (Å²) in [5.41, 5.74) is 6.66. The Morgan fingerprint density at radius 3 is 2.48 bits per heavy atom. The van der Waals surface area contributed by atoms with Crippen LogP contribution >= 0.6 is 24.0 Å². The highest BCUT2D eigenvalue weighted by Crippen LogP contribution is 2.23. The molecule has 1 unspecified atom stereocenters. The van der Waals surface area contributed by atoms with Gasteiger partial charge in [-0.25, -0.2) is 4.39 Å². The summed E-state index contributed by atoms with van der Waals surface area (Å²) in [6.07, 6.45) is 0. The van der Waals surface area contributed by atoms with Gasteiger partial charge in [0.05, 0.1) is 13.2 Å². The molecule has 6 heteroatoms. The second-order valence-electron chi connectivity index (χ2n) is 5.59. The molecule has 0 saturated carbocycles. The van der Waals surface area contributed by atoms with Crippen molar-refractivity contribution in [1.29, 1.82) is 0 Å². The van der Waals surface area contributed by atoms with Crippen LogP contribution < -0.4 is 11.1 Å². The molecule has 0 aliphatic heterocycles. The normalized spacial score (nSPS) is 13.5. The van der Waals surface area contributed by atoms with Crippen LogP contribution in [0.2, 0.25) is 0 Å². The van der Waals surface area contributed by atoms with Gasteiger partial charge in [0.1, 0.15) is 5.82 Å². The second kappa shape index (κ2) is 9.19. The van der Waals surface area contributed by atoms with Crippen molar-refractivity contribution >= 4 is 29.9 Å². The molecule has 0 bridgehead atoms. The van der Waals surface area contributed by atoms with Crippen molar-refractivity contribution in [3.8, 4) is 0 Å². The van der Waals surface area contributed by atoms with Gasteiger partial charge in [-0.15, -0.1) is 24.0 Å². The molecule has 0 aliphatic rings. The van der Waals surface area contributed by atoms with Gasteiger partial charge in [-0.2, -0.15) is 0 Å². The first-order valence-corrected chi connectivity index (χ1v) is 6.66. The number of nitrogens with zero attached hydrogens (tertiary/aromatic N) is 1. The van der Waals surface area contributed by atoms with E-state index in [2.05, 4.69) is 24.2 Å². The Hall–Kier alpha value is -0.890. The molecule has 0 fully saturated rings.